The zero-order chi connectivity index (χ0) is 14.4. The fraction of sp³-hybridized carbons (Fsp3) is 0.562. The summed E-state index contributed by atoms with van der Waals surface area (Å²) >= 11 is 0. The van der Waals surface area contributed by atoms with Crippen LogP contribution in [0.4, 0.5) is 8.78 Å². The molecule has 2 aromatic rings. The van der Waals surface area contributed by atoms with E-state index in [1.807, 2.05) is 4.57 Å². The van der Waals surface area contributed by atoms with Gasteiger partial charge >= 0.3 is 0 Å². The van der Waals surface area contributed by atoms with Crippen LogP contribution in [0.2, 0.25) is 0 Å². The number of hydrogen-bond donors (Lipinski definition) is 1. The number of nitrogens with zero attached hydrogens (tertiary/aromatic N) is 2. The van der Waals surface area contributed by atoms with Crippen LogP contribution in [0.1, 0.15) is 25.7 Å². The molecule has 0 atom stereocenters. The van der Waals surface area contributed by atoms with Crippen molar-refractivity contribution in [2.45, 2.75) is 38.3 Å². The quantitative estimate of drug-likeness (QED) is 0.886. The number of benzene rings is 1. The molecule has 2 aliphatic rings. The molecule has 1 heterocycles. The van der Waals surface area contributed by atoms with Gasteiger partial charge in [0, 0.05) is 31.3 Å². The van der Waals surface area contributed by atoms with E-state index >= 15 is 0 Å². The lowest BCUT2D eigenvalue weighted by Gasteiger charge is -2.17. The van der Waals surface area contributed by atoms with Gasteiger partial charge in [-0.1, -0.05) is 0 Å². The summed E-state index contributed by atoms with van der Waals surface area (Å²) in [5.74, 6) is 0.0756. The second-order valence-corrected chi connectivity index (χ2v) is 6.35. The summed E-state index contributed by atoms with van der Waals surface area (Å²) in [7, 11) is 0. The van der Waals surface area contributed by atoms with Crippen molar-refractivity contribution in [2.24, 2.45) is 11.8 Å². The van der Waals surface area contributed by atoms with E-state index in [1.165, 1.54) is 31.7 Å². The fourth-order valence-corrected chi connectivity index (χ4v) is 3.21. The van der Waals surface area contributed by atoms with Crippen LogP contribution in [0.5, 0.6) is 0 Å². The summed E-state index contributed by atoms with van der Waals surface area (Å²) in [5.41, 5.74) is 1.17. The van der Waals surface area contributed by atoms with E-state index < -0.39 is 11.6 Å². The SMILES string of the molecule is Fc1cc2ncn(CCNC(C3CC3)C3CC3)c2cc1F. The standard InChI is InChI=1S/C16H19F2N3/c17-12-7-14-15(8-13(12)18)21(9-20-14)6-5-19-16(10-1-2-10)11-3-4-11/h7-11,16,19H,1-6H2. The Balaban J connectivity index is 1.43. The number of nitrogens with one attached hydrogen (secondary N) is 1. The Morgan fingerprint density at radius 2 is 1.81 bits per heavy atom. The molecule has 0 amide bonds. The molecular weight excluding hydrogens is 272 g/mol. The van der Waals surface area contributed by atoms with Gasteiger partial charge < -0.3 is 9.88 Å². The van der Waals surface area contributed by atoms with E-state index in [0.29, 0.717) is 17.1 Å². The van der Waals surface area contributed by atoms with Crippen LogP contribution in [-0.2, 0) is 6.54 Å². The zero-order valence-corrected chi connectivity index (χ0v) is 11.9. The van der Waals surface area contributed by atoms with Crippen LogP contribution in [0.15, 0.2) is 18.5 Å². The van der Waals surface area contributed by atoms with Gasteiger partial charge in [-0.05, 0) is 37.5 Å². The van der Waals surface area contributed by atoms with Gasteiger partial charge in [-0.25, -0.2) is 13.8 Å². The second kappa shape index (κ2) is 5.05. The second-order valence-electron chi connectivity index (χ2n) is 6.35. The van der Waals surface area contributed by atoms with Gasteiger partial charge in [0.1, 0.15) is 0 Å². The van der Waals surface area contributed by atoms with E-state index in [0.717, 1.165) is 31.0 Å². The van der Waals surface area contributed by atoms with Crippen LogP contribution in [0, 0.1) is 23.5 Å². The van der Waals surface area contributed by atoms with Crippen molar-refractivity contribution in [1.82, 2.24) is 14.9 Å². The number of rotatable bonds is 6. The molecule has 0 unspecified atom stereocenters. The van der Waals surface area contributed by atoms with Crippen molar-refractivity contribution >= 4 is 11.0 Å². The maximum atomic E-state index is 13.4. The van der Waals surface area contributed by atoms with Gasteiger partial charge in [-0.15, -0.1) is 0 Å². The van der Waals surface area contributed by atoms with E-state index in [2.05, 4.69) is 10.3 Å². The van der Waals surface area contributed by atoms with Crippen molar-refractivity contribution in [3.8, 4) is 0 Å². The minimum absolute atomic E-state index is 0.509. The molecular formula is C16H19F2N3. The highest BCUT2D eigenvalue weighted by Gasteiger charge is 2.40. The molecule has 0 saturated heterocycles. The first-order chi connectivity index (χ1) is 10.2. The molecule has 0 radical (unpaired) electrons. The molecule has 0 spiro atoms. The first-order valence-electron chi connectivity index (χ1n) is 7.75. The minimum Gasteiger partial charge on any atom is -0.329 e. The molecule has 1 aromatic carbocycles. The normalized spacial score (nSPS) is 18.8. The Labute approximate surface area is 122 Å². The lowest BCUT2D eigenvalue weighted by atomic mass is 10.1. The Kier molecular flexibility index (Phi) is 3.17. The van der Waals surface area contributed by atoms with Gasteiger partial charge in [0.15, 0.2) is 11.6 Å². The van der Waals surface area contributed by atoms with Crippen molar-refractivity contribution in [2.75, 3.05) is 6.54 Å². The average Bonchev–Trinajstić information content (AvgIpc) is 3.36. The summed E-state index contributed by atoms with van der Waals surface area (Å²) in [6.07, 6.45) is 7.08. The topological polar surface area (TPSA) is 29.9 Å². The predicted molar refractivity (Wildman–Crippen MR) is 76.9 cm³/mol. The highest BCUT2D eigenvalue weighted by molar-refractivity contribution is 5.75. The summed E-state index contributed by atoms with van der Waals surface area (Å²) in [5, 5.41) is 3.66. The van der Waals surface area contributed by atoms with E-state index in [9.17, 15) is 8.78 Å². The van der Waals surface area contributed by atoms with Crippen LogP contribution in [0.25, 0.3) is 11.0 Å². The van der Waals surface area contributed by atoms with Crippen molar-refractivity contribution in [3.63, 3.8) is 0 Å². The fourth-order valence-electron chi connectivity index (χ4n) is 3.21. The third-order valence-electron chi connectivity index (χ3n) is 4.66. The largest absolute Gasteiger partial charge is 0.329 e. The number of halogens is 2. The molecule has 3 nitrogen and oxygen atoms in total. The summed E-state index contributed by atoms with van der Waals surface area (Å²) in [6.45, 7) is 1.58. The molecule has 2 saturated carbocycles. The van der Waals surface area contributed by atoms with Crippen molar-refractivity contribution in [3.05, 3.63) is 30.1 Å². The number of aromatic nitrogens is 2. The van der Waals surface area contributed by atoms with Crippen molar-refractivity contribution in [1.29, 1.82) is 0 Å². The Morgan fingerprint density at radius 3 is 2.48 bits per heavy atom. The minimum atomic E-state index is -0.839. The smallest absolute Gasteiger partial charge is 0.161 e. The maximum Gasteiger partial charge on any atom is 0.161 e. The monoisotopic (exact) mass is 291 g/mol. The molecule has 4 rings (SSSR count). The Morgan fingerprint density at radius 1 is 1.14 bits per heavy atom. The highest BCUT2D eigenvalue weighted by atomic mass is 19.2. The number of hydrogen-bond acceptors (Lipinski definition) is 2. The third-order valence-corrected chi connectivity index (χ3v) is 4.66. The van der Waals surface area contributed by atoms with Gasteiger partial charge in [0.05, 0.1) is 17.4 Å². The molecule has 112 valence electrons. The van der Waals surface area contributed by atoms with Gasteiger partial charge in [0.25, 0.3) is 0 Å². The lowest BCUT2D eigenvalue weighted by molar-refractivity contribution is 0.408. The first kappa shape index (κ1) is 13.2. The van der Waals surface area contributed by atoms with Gasteiger partial charge in [0.2, 0.25) is 0 Å². The Hall–Kier alpha value is -1.49. The predicted octanol–water partition coefficient (Wildman–Crippen LogP) is 3.09. The van der Waals surface area contributed by atoms with Crippen LogP contribution in [-0.4, -0.2) is 22.1 Å². The molecule has 2 fully saturated rings. The van der Waals surface area contributed by atoms with Crippen LogP contribution in [0.3, 0.4) is 0 Å². The first-order valence-corrected chi connectivity index (χ1v) is 7.75. The number of fused-ring (bicyclic) bond motifs is 1. The molecule has 5 heteroatoms. The summed E-state index contributed by atoms with van der Waals surface area (Å²) in [6, 6.07) is 3.05. The van der Waals surface area contributed by atoms with E-state index in [-0.39, 0.29) is 0 Å². The summed E-state index contributed by atoms with van der Waals surface area (Å²) < 4.78 is 28.4. The van der Waals surface area contributed by atoms with Crippen LogP contribution < -0.4 is 5.32 Å². The van der Waals surface area contributed by atoms with Gasteiger partial charge in [-0.2, -0.15) is 0 Å². The molecule has 0 bridgehead atoms. The lowest BCUT2D eigenvalue weighted by Crippen LogP contribution is -2.35. The van der Waals surface area contributed by atoms with Crippen molar-refractivity contribution < 1.29 is 8.78 Å². The molecule has 0 aliphatic heterocycles. The molecule has 2 aliphatic carbocycles. The molecule has 21 heavy (non-hydrogen) atoms. The van der Waals surface area contributed by atoms with Crippen LogP contribution >= 0.6 is 0 Å². The van der Waals surface area contributed by atoms with Gasteiger partial charge in [-0.3, -0.25) is 0 Å². The summed E-state index contributed by atoms with van der Waals surface area (Å²) in [4.78, 5) is 4.14. The van der Waals surface area contributed by atoms with E-state index in [1.54, 1.807) is 6.33 Å². The zero-order valence-electron chi connectivity index (χ0n) is 11.9. The molecule has 1 aromatic heterocycles. The third kappa shape index (κ3) is 2.67. The highest BCUT2D eigenvalue weighted by Crippen LogP contribution is 2.44. The number of imidazole rings is 1. The van der Waals surface area contributed by atoms with E-state index in [4.69, 9.17) is 0 Å². The molecule has 1 N–H and O–H groups in total. The maximum absolute atomic E-state index is 13.4. The Bertz CT molecular complexity index is 647. The average molecular weight is 291 g/mol.